The number of aromatic nitrogens is 2. The van der Waals surface area contributed by atoms with Gasteiger partial charge in [0.2, 0.25) is 5.91 Å². The Hall–Kier alpha value is -2.95. The van der Waals surface area contributed by atoms with Crippen molar-refractivity contribution in [1.29, 1.82) is 0 Å². The van der Waals surface area contributed by atoms with Crippen LogP contribution in [-0.4, -0.2) is 26.9 Å². The van der Waals surface area contributed by atoms with Crippen molar-refractivity contribution in [3.05, 3.63) is 76.3 Å². The van der Waals surface area contributed by atoms with Gasteiger partial charge in [-0.3, -0.25) is 14.2 Å². The van der Waals surface area contributed by atoms with Crippen molar-refractivity contribution in [2.75, 3.05) is 6.54 Å². The lowest BCUT2D eigenvalue weighted by Crippen LogP contribution is -2.39. The molecule has 5 nitrogen and oxygen atoms in total. The molecule has 0 aliphatic rings. The van der Waals surface area contributed by atoms with Crippen molar-refractivity contribution in [1.82, 2.24) is 14.5 Å². The lowest BCUT2D eigenvalue weighted by atomic mass is 10.1. The highest BCUT2D eigenvalue weighted by Crippen LogP contribution is 2.22. The van der Waals surface area contributed by atoms with E-state index in [1.54, 1.807) is 4.57 Å². The summed E-state index contributed by atoms with van der Waals surface area (Å²) < 4.78 is 1.77. The molecule has 2 aromatic carbocycles. The molecule has 170 valence electrons. The van der Waals surface area contributed by atoms with Gasteiger partial charge in [-0.1, -0.05) is 69.2 Å². The first kappa shape index (κ1) is 23.7. The molecule has 1 heterocycles. The van der Waals surface area contributed by atoms with E-state index in [2.05, 4.69) is 26.0 Å². The summed E-state index contributed by atoms with van der Waals surface area (Å²) in [5.74, 6) is 0.805. The van der Waals surface area contributed by atoms with Gasteiger partial charge in [-0.15, -0.1) is 0 Å². The monoisotopic (exact) mass is 433 g/mol. The summed E-state index contributed by atoms with van der Waals surface area (Å²) in [5.41, 5.74) is 1.86. The number of rotatable bonds is 11. The van der Waals surface area contributed by atoms with Crippen molar-refractivity contribution in [2.24, 2.45) is 0 Å². The molecule has 0 radical (unpaired) electrons. The van der Waals surface area contributed by atoms with E-state index < -0.39 is 0 Å². The van der Waals surface area contributed by atoms with E-state index in [0.29, 0.717) is 36.2 Å². The number of hydrogen-bond donors (Lipinski definition) is 0. The fourth-order valence-corrected chi connectivity index (χ4v) is 4.18. The van der Waals surface area contributed by atoms with Crippen LogP contribution < -0.4 is 5.56 Å². The van der Waals surface area contributed by atoms with Crippen LogP contribution in [0.3, 0.4) is 0 Å². The van der Waals surface area contributed by atoms with Crippen LogP contribution in [0.25, 0.3) is 10.9 Å². The first-order valence-electron chi connectivity index (χ1n) is 11.9. The smallest absolute Gasteiger partial charge is 0.261 e. The number of nitrogens with zero attached hydrogens (tertiary/aromatic N) is 3. The maximum Gasteiger partial charge on any atom is 0.261 e. The average molecular weight is 434 g/mol. The lowest BCUT2D eigenvalue weighted by molar-refractivity contribution is -0.133. The lowest BCUT2D eigenvalue weighted by Gasteiger charge is -2.31. The summed E-state index contributed by atoms with van der Waals surface area (Å²) in [4.78, 5) is 33.3. The van der Waals surface area contributed by atoms with Crippen LogP contribution in [0.15, 0.2) is 59.4 Å². The molecule has 0 spiro atoms. The number of carbonyl (C=O) groups excluding carboxylic acids is 1. The Labute approximate surface area is 191 Å². The van der Waals surface area contributed by atoms with Crippen LogP contribution in [0.4, 0.5) is 0 Å². The van der Waals surface area contributed by atoms with E-state index >= 15 is 0 Å². The van der Waals surface area contributed by atoms with Gasteiger partial charge in [-0.05, 0) is 43.9 Å². The van der Waals surface area contributed by atoms with Crippen molar-refractivity contribution in [3.8, 4) is 0 Å². The first-order chi connectivity index (χ1) is 15.6. The minimum absolute atomic E-state index is 0.0271. The van der Waals surface area contributed by atoms with Crippen LogP contribution in [0.2, 0.25) is 0 Å². The normalized spacial score (nSPS) is 12.1. The van der Waals surface area contributed by atoms with Gasteiger partial charge in [0.05, 0.1) is 16.9 Å². The Kier molecular flexibility index (Phi) is 8.60. The molecule has 5 heteroatoms. The zero-order valence-corrected chi connectivity index (χ0v) is 19.6. The Bertz CT molecular complexity index is 1080. The second-order valence-electron chi connectivity index (χ2n) is 8.40. The topological polar surface area (TPSA) is 55.2 Å². The molecule has 1 unspecified atom stereocenters. The summed E-state index contributed by atoms with van der Waals surface area (Å²) in [6.45, 7) is 7.39. The second kappa shape index (κ2) is 11.6. The molecule has 0 saturated heterocycles. The standard InChI is InChI=1S/C27H35N3O2/c1-4-6-8-17-25(31)29(20-18-22-13-9-7-10-14-22)21(3)26-28-24-16-12-11-15-23(24)27(32)30(26)19-5-2/h7,9-16,21H,4-6,8,17-20H2,1-3H3. The van der Waals surface area contributed by atoms with E-state index in [9.17, 15) is 9.59 Å². The highest BCUT2D eigenvalue weighted by Gasteiger charge is 2.25. The molecule has 0 aliphatic carbocycles. The maximum atomic E-state index is 13.3. The minimum atomic E-state index is -0.281. The number of carbonyl (C=O) groups is 1. The fourth-order valence-electron chi connectivity index (χ4n) is 4.18. The fraction of sp³-hybridized carbons (Fsp3) is 0.444. The number of para-hydroxylation sites is 1. The van der Waals surface area contributed by atoms with Gasteiger partial charge in [-0.25, -0.2) is 4.98 Å². The van der Waals surface area contributed by atoms with Gasteiger partial charge >= 0.3 is 0 Å². The second-order valence-corrected chi connectivity index (χ2v) is 8.40. The molecule has 3 rings (SSSR count). The third-order valence-electron chi connectivity index (χ3n) is 5.98. The Morgan fingerprint density at radius 3 is 2.44 bits per heavy atom. The van der Waals surface area contributed by atoms with Crippen molar-refractivity contribution in [2.45, 2.75) is 71.9 Å². The molecule has 0 fully saturated rings. The van der Waals surface area contributed by atoms with Crippen molar-refractivity contribution < 1.29 is 4.79 Å². The van der Waals surface area contributed by atoms with E-state index in [1.807, 2.05) is 54.3 Å². The maximum absolute atomic E-state index is 13.3. The van der Waals surface area contributed by atoms with Crippen LogP contribution in [-0.2, 0) is 17.8 Å². The molecule has 0 bridgehead atoms. The third-order valence-corrected chi connectivity index (χ3v) is 5.98. The van der Waals surface area contributed by atoms with Crippen LogP contribution in [0.1, 0.15) is 70.3 Å². The molecular weight excluding hydrogens is 398 g/mol. The summed E-state index contributed by atoms with van der Waals surface area (Å²) in [6.07, 6.45) is 5.14. The van der Waals surface area contributed by atoms with E-state index in [-0.39, 0.29) is 17.5 Å². The van der Waals surface area contributed by atoms with E-state index in [1.165, 1.54) is 5.56 Å². The SMILES string of the molecule is CCCCCC(=O)N(CCc1ccccc1)C(C)c1nc2ccccc2c(=O)n1CCC. The number of amides is 1. The number of unbranched alkanes of at least 4 members (excludes halogenated alkanes) is 2. The van der Waals surface area contributed by atoms with Crippen molar-refractivity contribution in [3.63, 3.8) is 0 Å². The predicted octanol–water partition coefficient (Wildman–Crippen LogP) is 5.52. The molecule has 0 aliphatic heterocycles. The van der Waals surface area contributed by atoms with Crippen LogP contribution in [0.5, 0.6) is 0 Å². The molecule has 0 N–H and O–H groups in total. The van der Waals surface area contributed by atoms with Gasteiger partial charge in [0.25, 0.3) is 5.56 Å². The molecular formula is C27H35N3O2. The largest absolute Gasteiger partial charge is 0.332 e. The van der Waals surface area contributed by atoms with E-state index in [0.717, 1.165) is 32.1 Å². The Morgan fingerprint density at radius 1 is 1.00 bits per heavy atom. The molecule has 1 amide bonds. The molecule has 0 saturated carbocycles. The molecule has 3 aromatic rings. The number of fused-ring (bicyclic) bond motifs is 1. The highest BCUT2D eigenvalue weighted by atomic mass is 16.2. The van der Waals surface area contributed by atoms with Gasteiger partial charge < -0.3 is 4.90 Å². The van der Waals surface area contributed by atoms with Gasteiger partial charge in [0.1, 0.15) is 5.82 Å². The molecule has 1 atom stereocenters. The van der Waals surface area contributed by atoms with Crippen molar-refractivity contribution >= 4 is 16.8 Å². The summed E-state index contributed by atoms with van der Waals surface area (Å²) in [7, 11) is 0. The third kappa shape index (κ3) is 5.64. The van der Waals surface area contributed by atoms with Crippen LogP contribution in [0, 0.1) is 0 Å². The van der Waals surface area contributed by atoms with Gasteiger partial charge in [0.15, 0.2) is 0 Å². The summed E-state index contributed by atoms with van der Waals surface area (Å²) >= 11 is 0. The summed E-state index contributed by atoms with van der Waals surface area (Å²) in [5, 5.41) is 0.627. The quantitative estimate of drug-likeness (QED) is 0.374. The first-order valence-corrected chi connectivity index (χ1v) is 11.9. The Balaban J connectivity index is 1.97. The highest BCUT2D eigenvalue weighted by molar-refractivity contribution is 5.78. The number of hydrogen-bond acceptors (Lipinski definition) is 3. The van der Waals surface area contributed by atoms with Crippen LogP contribution >= 0.6 is 0 Å². The van der Waals surface area contributed by atoms with E-state index in [4.69, 9.17) is 4.98 Å². The zero-order chi connectivity index (χ0) is 22.9. The van der Waals surface area contributed by atoms with Gasteiger partial charge in [-0.2, -0.15) is 0 Å². The summed E-state index contributed by atoms with van der Waals surface area (Å²) in [6, 6.07) is 17.4. The zero-order valence-electron chi connectivity index (χ0n) is 19.6. The Morgan fingerprint density at radius 2 is 1.72 bits per heavy atom. The minimum Gasteiger partial charge on any atom is -0.332 e. The molecule has 1 aromatic heterocycles. The average Bonchev–Trinajstić information content (AvgIpc) is 2.81. The predicted molar refractivity (Wildman–Crippen MR) is 131 cm³/mol. The molecule has 32 heavy (non-hydrogen) atoms. The number of benzene rings is 2. The van der Waals surface area contributed by atoms with Gasteiger partial charge in [0, 0.05) is 19.5 Å².